The molecule has 0 saturated carbocycles. The molecule has 2 amide bonds. The summed E-state index contributed by atoms with van der Waals surface area (Å²) in [5, 5.41) is 8.29. The van der Waals surface area contributed by atoms with Crippen LogP contribution in [-0.4, -0.2) is 24.9 Å². The Morgan fingerprint density at radius 1 is 1.17 bits per heavy atom. The lowest BCUT2D eigenvalue weighted by atomic mass is 10.1. The Morgan fingerprint density at radius 2 is 1.92 bits per heavy atom. The first-order chi connectivity index (χ1) is 11.4. The second-order valence-corrected chi connectivity index (χ2v) is 5.55. The Balaban J connectivity index is 2.05. The number of hydrogen-bond donors (Lipinski definition) is 3. The van der Waals surface area contributed by atoms with Crippen LogP contribution in [0, 0.1) is 5.82 Å². The molecule has 3 N–H and O–H groups in total. The zero-order valence-corrected chi connectivity index (χ0v) is 13.9. The van der Waals surface area contributed by atoms with Gasteiger partial charge in [-0.15, -0.1) is 0 Å². The smallest absolute Gasteiger partial charge is 0.251 e. The van der Waals surface area contributed by atoms with Gasteiger partial charge >= 0.3 is 0 Å². The molecule has 24 heavy (non-hydrogen) atoms. The molecule has 0 aliphatic rings. The molecule has 0 fully saturated rings. The molecule has 0 aliphatic carbocycles. The molecule has 2 aromatic rings. The third-order valence-electron chi connectivity index (χ3n) is 3.32. The van der Waals surface area contributed by atoms with Gasteiger partial charge in [-0.1, -0.05) is 17.7 Å². The molecule has 2 rings (SSSR count). The van der Waals surface area contributed by atoms with Gasteiger partial charge in [0, 0.05) is 18.3 Å². The van der Waals surface area contributed by atoms with Crippen LogP contribution in [0.4, 0.5) is 15.8 Å². The molecule has 2 aromatic carbocycles. The van der Waals surface area contributed by atoms with Crippen molar-refractivity contribution in [2.45, 2.75) is 13.0 Å². The quantitative estimate of drug-likeness (QED) is 0.775. The summed E-state index contributed by atoms with van der Waals surface area (Å²) in [6, 6.07) is 9.94. The van der Waals surface area contributed by atoms with E-state index in [1.165, 1.54) is 12.1 Å². The summed E-state index contributed by atoms with van der Waals surface area (Å²) in [6.07, 6.45) is 0. The van der Waals surface area contributed by atoms with E-state index in [9.17, 15) is 14.0 Å². The first kappa shape index (κ1) is 17.7. The van der Waals surface area contributed by atoms with Crippen molar-refractivity contribution in [2.75, 3.05) is 17.7 Å². The van der Waals surface area contributed by atoms with Crippen molar-refractivity contribution in [1.29, 1.82) is 0 Å². The van der Waals surface area contributed by atoms with Gasteiger partial charge in [0.15, 0.2) is 0 Å². The predicted molar refractivity (Wildman–Crippen MR) is 93.0 cm³/mol. The van der Waals surface area contributed by atoms with Crippen molar-refractivity contribution in [1.82, 2.24) is 5.32 Å². The number of halogens is 2. The van der Waals surface area contributed by atoms with Crippen LogP contribution < -0.4 is 16.0 Å². The fourth-order valence-corrected chi connectivity index (χ4v) is 2.26. The van der Waals surface area contributed by atoms with Crippen LogP contribution in [0.15, 0.2) is 42.5 Å². The molecule has 0 heterocycles. The lowest BCUT2D eigenvalue weighted by Gasteiger charge is -2.16. The van der Waals surface area contributed by atoms with Crippen molar-refractivity contribution in [2.24, 2.45) is 0 Å². The molecule has 0 radical (unpaired) electrons. The molecule has 7 heteroatoms. The zero-order valence-electron chi connectivity index (χ0n) is 13.2. The van der Waals surface area contributed by atoms with E-state index in [-0.39, 0.29) is 16.8 Å². The highest BCUT2D eigenvalue weighted by molar-refractivity contribution is 6.33. The fourth-order valence-electron chi connectivity index (χ4n) is 2.04. The molecule has 1 atom stereocenters. The Bertz CT molecular complexity index is 767. The van der Waals surface area contributed by atoms with E-state index < -0.39 is 11.9 Å². The van der Waals surface area contributed by atoms with E-state index >= 15 is 0 Å². The summed E-state index contributed by atoms with van der Waals surface area (Å²) in [6.45, 7) is 1.67. The van der Waals surface area contributed by atoms with E-state index in [1.54, 1.807) is 38.2 Å². The minimum atomic E-state index is -0.592. The van der Waals surface area contributed by atoms with Gasteiger partial charge in [0.25, 0.3) is 5.91 Å². The number of amides is 2. The summed E-state index contributed by atoms with van der Waals surface area (Å²) >= 11 is 5.89. The van der Waals surface area contributed by atoms with Gasteiger partial charge < -0.3 is 16.0 Å². The van der Waals surface area contributed by atoms with Crippen molar-refractivity contribution in [3.8, 4) is 0 Å². The van der Waals surface area contributed by atoms with Crippen LogP contribution in [-0.2, 0) is 4.79 Å². The second-order valence-electron chi connectivity index (χ2n) is 5.14. The van der Waals surface area contributed by atoms with Crippen LogP contribution in [0.25, 0.3) is 0 Å². The van der Waals surface area contributed by atoms with E-state index in [4.69, 9.17) is 11.6 Å². The molecule has 0 saturated heterocycles. The van der Waals surface area contributed by atoms with Crippen LogP contribution in [0.2, 0.25) is 5.02 Å². The summed E-state index contributed by atoms with van der Waals surface area (Å²) in [5.41, 5.74) is 1.44. The van der Waals surface area contributed by atoms with E-state index in [0.29, 0.717) is 16.9 Å². The highest BCUT2D eigenvalue weighted by Gasteiger charge is 2.15. The minimum Gasteiger partial charge on any atom is -0.374 e. The number of hydrogen-bond acceptors (Lipinski definition) is 3. The molecular weight excluding hydrogens is 333 g/mol. The van der Waals surface area contributed by atoms with E-state index in [1.807, 2.05) is 0 Å². The Hall–Kier alpha value is -2.60. The molecule has 0 aromatic heterocycles. The van der Waals surface area contributed by atoms with Gasteiger partial charge in [0.1, 0.15) is 11.9 Å². The average Bonchev–Trinajstić information content (AvgIpc) is 2.56. The van der Waals surface area contributed by atoms with Gasteiger partial charge in [-0.3, -0.25) is 9.59 Å². The molecule has 1 unspecified atom stereocenters. The molecule has 5 nitrogen and oxygen atoms in total. The van der Waals surface area contributed by atoms with E-state index in [2.05, 4.69) is 16.0 Å². The lowest BCUT2D eigenvalue weighted by Crippen LogP contribution is -2.32. The third-order valence-corrected chi connectivity index (χ3v) is 3.63. The van der Waals surface area contributed by atoms with Crippen LogP contribution >= 0.6 is 11.6 Å². The average molecular weight is 350 g/mol. The third kappa shape index (κ3) is 4.45. The number of anilines is 2. The van der Waals surface area contributed by atoms with Crippen molar-refractivity contribution < 1.29 is 14.0 Å². The van der Waals surface area contributed by atoms with Crippen LogP contribution in [0.1, 0.15) is 17.3 Å². The molecule has 0 spiro atoms. The highest BCUT2D eigenvalue weighted by atomic mass is 35.5. The summed E-state index contributed by atoms with van der Waals surface area (Å²) in [4.78, 5) is 23.9. The van der Waals surface area contributed by atoms with Crippen molar-refractivity contribution in [3.63, 3.8) is 0 Å². The zero-order chi connectivity index (χ0) is 17.7. The standard InChI is InChI=1S/C17H17ClFN3O2/c1-10(16(23)22-15-7-6-12(19)9-14(15)18)21-13-5-3-4-11(8-13)17(24)20-2/h3-10,21H,1-2H3,(H,20,24)(H,22,23). The maximum absolute atomic E-state index is 13.0. The Labute approximate surface area is 144 Å². The SMILES string of the molecule is CNC(=O)c1cccc(NC(C)C(=O)Nc2ccc(F)cc2Cl)c1. The van der Waals surface area contributed by atoms with Crippen LogP contribution in [0.3, 0.4) is 0 Å². The summed E-state index contributed by atoms with van der Waals surface area (Å²) in [7, 11) is 1.55. The number of carbonyl (C=O) groups is 2. The first-order valence-corrected chi connectivity index (χ1v) is 7.63. The maximum atomic E-state index is 13.0. The van der Waals surface area contributed by atoms with Crippen molar-refractivity contribution in [3.05, 3.63) is 58.9 Å². The Morgan fingerprint density at radius 3 is 2.58 bits per heavy atom. The topological polar surface area (TPSA) is 70.2 Å². The van der Waals surface area contributed by atoms with Gasteiger partial charge in [0.05, 0.1) is 10.7 Å². The van der Waals surface area contributed by atoms with Gasteiger partial charge in [-0.25, -0.2) is 4.39 Å². The van der Waals surface area contributed by atoms with Crippen molar-refractivity contribution >= 4 is 34.8 Å². The molecule has 0 bridgehead atoms. The van der Waals surface area contributed by atoms with Gasteiger partial charge in [-0.05, 0) is 43.3 Å². The maximum Gasteiger partial charge on any atom is 0.251 e. The molecule has 0 aliphatic heterocycles. The Kier molecular flexibility index (Phi) is 5.76. The lowest BCUT2D eigenvalue weighted by molar-refractivity contribution is -0.116. The second kappa shape index (κ2) is 7.79. The molecular formula is C17H17ClFN3O2. The fraction of sp³-hybridized carbons (Fsp3) is 0.176. The van der Waals surface area contributed by atoms with E-state index in [0.717, 1.165) is 6.07 Å². The first-order valence-electron chi connectivity index (χ1n) is 7.25. The number of carbonyl (C=O) groups excluding carboxylic acids is 2. The normalized spacial score (nSPS) is 11.5. The number of rotatable bonds is 5. The van der Waals surface area contributed by atoms with Gasteiger partial charge in [-0.2, -0.15) is 0 Å². The van der Waals surface area contributed by atoms with Gasteiger partial charge in [0.2, 0.25) is 5.91 Å². The minimum absolute atomic E-state index is 0.122. The molecule has 126 valence electrons. The highest BCUT2D eigenvalue weighted by Crippen LogP contribution is 2.22. The monoisotopic (exact) mass is 349 g/mol. The van der Waals surface area contributed by atoms with Crippen LogP contribution in [0.5, 0.6) is 0 Å². The summed E-state index contributed by atoms with van der Waals surface area (Å²) in [5.74, 6) is -1.03. The largest absolute Gasteiger partial charge is 0.374 e. The predicted octanol–water partition coefficient (Wildman–Crippen LogP) is 3.28. The number of benzene rings is 2. The number of nitrogens with one attached hydrogen (secondary N) is 3. The summed E-state index contributed by atoms with van der Waals surface area (Å²) < 4.78 is 13.0.